The quantitative estimate of drug-likeness (QED) is 0.205. The molecule has 5 aromatic rings. The first-order valence-electron chi connectivity index (χ1n) is 12.3. The molecule has 0 saturated carbocycles. The van der Waals surface area contributed by atoms with E-state index in [1.165, 1.54) is 17.3 Å². The van der Waals surface area contributed by atoms with Gasteiger partial charge in [0.25, 0.3) is 5.56 Å². The number of hydrogen-bond acceptors (Lipinski definition) is 5. The molecule has 7 nitrogen and oxygen atoms in total. The van der Waals surface area contributed by atoms with Gasteiger partial charge in [0.15, 0.2) is 5.16 Å². The number of carbonyl (C=O) groups is 1. The Hall–Kier alpha value is -4.30. The maximum Gasteiger partial charge on any atom is 0.278 e. The van der Waals surface area contributed by atoms with Crippen molar-refractivity contribution in [3.05, 3.63) is 112 Å². The molecule has 0 saturated heterocycles. The Balaban J connectivity index is 1.45. The fourth-order valence-electron chi connectivity index (χ4n) is 4.20. The van der Waals surface area contributed by atoms with E-state index in [4.69, 9.17) is 9.72 Å². The van der Waals surface area contributed by atoms with Gasteiger partial charge in [0, 0.05) is 18.3 Å². The molecule has 0 radical (unpaired) electrons. The molecular weight excluding hydrogens is 496 g/mol. The molecule has 0 unspecified atom stereocenters. The number of hydrogen-bond donors (Lipinski definition) is 2. The minimum atomic E-state index is -0.192. The monoisotopic (exact) mass is 524 g/mol. The number of fused-ring (bicyclic) bond motifs is 1. The number of ether oxygens (including phenoxy) is 1. The van der Waals surface area contributed by atoms with Gasteiger partial charge >= 0.3 is 0 Å². The van der Waals surface area contributed by atoms with Crippen molar-refractivity contribution in [1.82, 2.24) is 19.9 Å². The van der Waals surface area contributed by atoms with Crippen LogP contribution in [-0.4, -0.2) is 33.3 Å². The number of benzene rings is 3. The first-order valence-corrected chi connectivity index (χ1v) is 13.3. The maximum absolute atomic E-state index is 13.7. The zero-order chi connectivity index (χ0) is 26.5. The predicted molar refractivity (Wildman–Crippen MR) is 152 cm³/mol. The number of rotatable bonds is 9. The van der Waals surface area contributed by atoms with Gasteiger partial charge in [0.2, 0.25) is 5.91 Å². The summed E-state index contributed by atoms with van der Waals surface area (Å²) in [6, 6.07) is 25.4. The van der Waals surface area contributed by atoms with Crippen LogP contribution in [0.25, 0.3) is 22.2 Å². The van der Waals surface area contributed by atoms with Crippen molar-refractivity contribution in [2.45, 2.75) is 25.2 Å². The van der Waals surface area contributed by atoms with Gasteiger partial charge in [-0.3, -0.25) is 14.2 Å². The molecule has 5 rings (SSSR count). The number of aryl methyl sites for hydroxylation is 1. The molecule has 1 amide bonds. The molecular formula is C30H28N4O3S. The number of nitrogens with one attached hydrogen (secondary N) is 2. The second kappa shape index (κ2) is 11.4. The van der Waals surface area contributed by atoms with E-state index in [-0.39, 0.29) is 17.2 Å². The third-order valence-corrected chi connectivity index (χ3v) is 7.23. The van der Waals surface area contributed by atoms with Crippen molar-refractivity contribution >= 4 is 28.7 Å². The molecule has 2 aromatic heterocycles. The van der Waals surface area contributed by atoms with Crippen molar-refractivity contribution in [3.8, 4) is 16.9 Å². The molecule has 8 heteroatoms. The lowest BCUT2D eigenvalue weighted by Gasteiger charge is -2.13. The average Bonchev–Trinajstić information content (AvgIpc) is 3.38. The molecule has 2 N–H and O–H groups in total. The Morgan fingerprint density at radius 1 is 1.03 bits per heavy atom. The lowest BCUT2D eigenvalue weighted by molar-refractivity contribution is -0.118. The summed E-state index contributed by atoms with van der Waals surface area (Å²) in [7, 11) is 1.61. The summed E-state index contributed by atoms with van der Waals surface area (Å²) in [5, 5.41) is 3.44. The summed E-state index contributed by atoms with van der Waals surface area (Å²) < 4.78 is 6.97. The van der Waals surface area contributed by atoms with Crippen LogP contribution < -0.4 is 15.6 Å². The molecule has 0 aliphatic carbocycles. The van der Waals surface area contributed by atoms with Gasteiger partial charge in [-0.2, -0.15) is 0 Å². The smallest absolute Gasteiger partial charge is 0.278 e. The third-order valence-electron chi connectivity index (χ3n) is 6.25. The zero-order valence-electron chi connectivity index (χ0n) is 21.2. The van der Waals surface area contributed by atoms with Gasteiger partial charge in [-0.05, 0) is 35.7 Å². The molecule has 0 aliphatic heterocycles. The molecule has 3 aromatic carbocycles. The van der Waals surface area contributed by atoms with E-state index in [0.717, 1.165) is 22.3 Å². The number of aromatic amines is 1. The lowest BCUT2D eigenvalue weighted by Crippen LogP contribution is -2.27. The van der Waals surface area contributed by atoms with Crippen LogP contribution in [0, 0.1) is 6.92 Å². The zero-order valence-corrected chi connectivity index (χ0v) is 22.0. The van der Waals surface area contributed by atoms with Crippen LogP contribution in [0.3, 0.4) is 0 Å². The van der Waals surface area contributed by atoms with Gasteiger partial charge in [0.05, 0.1) is 19.4 Å². The van der Waals surface area contributed by atoms with E-state index >= 15 is 0 Å². The molecule has 0 bridgehead atoms. The van der Waals surface area contributed by atoms with Gasteiger partial charge in [-0.15, -0.1) is 0 Å². The molecule has 0 atom stereocenters. The van der Waals surface area contributed by atoms with Crippen LogP contribution in [0.1, 0.15) is 16.7 Å². The Bertz CT molecular complexity index is 1630. The van der Waals surface area contributed by atoms with Crippen LogP contribution in [0.15, 0.2) is 95.0 Å². The Kier molecular flexibility index (Phi) is 7.60. The Morgan fingerprint density at radius 3 is 2.58 bits per heavy atom. The van der Waals surface area contributed by atoms with Crippen LogP contribution in [-0.2, 0) is 17.9 Å². The first kappa shape index (κ1) is 25.4. The highest BCUT2D eigenvalue weighted by atomic mass is 32.2. The standard InChI is InChI=1S/C30H28N4O3S/c1-20-11-13-21(14-12-20)16-31-26(35)19-38-30-33-27-25(23-8-4-3-5-9-23)17-32-28(27)29(36)34(30)18-22-7-6-10-24(15-22)37-2/h3-15,17,32H,16,18-19H2,1-2H3,(H,31,35). The van der Waals surface area contributed by atoms with E-state index in [2.05, 4.69) is 10.3 Å². The SMILES string of the molecule is COc1cccc(Cn2c(SCC(=O)NCc3ccc(C)cc3)nc3c(-c4ccccc4)c[nH]c3c2=O)c1. The topological polar surface area (TPSA) is 89.0 Å². The summed E-state index contributed by atoms with van der Waals surface area (Å²) in [4.78, 5) is 34.4. The largest absolute Gasteiger partial charge is 0.497 e. The van der Waals surface area contributed by atoms with Gasteiger partial charge in [0.1, 0.15) is 16.8 Å². The molecule has 192 valence electrons. The summed E-state index contributed by atoms with van der Waals surface area (Å²) >= 11 is 1.25. The highest BCUT2D eigenvalue weighted by molar-refractivity contribution is 7.99. The number of nitrogens with zero attached hydrogens (tertiary/aromatic N) is 2. The molecule has 0 spiro atoms. The van der Waals surface area contributed by atoms with Crippen molar-refractivity contribution in [2.24, 2.45) is 0 Å². The first-order chi connectivity index (χ1) is 18.5. The van der Waals surface area contributed by atoms with E-state index in [1.54, 1.807) is 11.7 Å². The fraction of sp³-hybridized carbons (Fsp3) is 0.167. The average molecular weight is 525 g/mol. The summed E-state index contributed by atoms with van der Waals surface area (Å²) in [5.41, 5.74) is 5.73. The van der Waals surface area contributed by atoms with Crippen LogP contribution >= 0.6 is 11.8 Å². The van der Waals surface area contributed by atoms with Crippen molar-refractivity contribution < 1.29 is 9.53 Å². The summed E-state index contributed by atoms with van der Waals surface area (Å²) in [5.74, 6) is 0.711. The third kappa shape index (κ3) is 5.65. The Labute approximate surface area is 224 Å². The highest BCUT2D eigenvalue weighted by Crippen LogP contribution is 2.28. The number of thioether (sulfide) groups is 1. The second-order valence-electron chi connectivity index (χ2n) is 8.98. The summed E-state index contributed by atoms with van der Waals surface area (Å²) in [6.45, 7) is 2.77. The van der Waals surface area contributed by atoms with Crippen LogP contribution in [0.2, 0.25) is 0 Å². The van der Waals surface area contributed by atoms with Crippen molar-refractivity contribution in [3.63, 3.8) is 0 Å². The molecule has 0 fully saturated rings. The molecule has 38 heavy (non-hydrogen) atoms. The minimum Gasteiger partial charge on any atom is -0.497 e. The predicted octanol–water partition coefficient (Wildman–Crippen LogP) is 5.17. The van der Waals surface area contributed by atoms with E-state index in [1.807, 2.05) is 92.0 Å². The second-order valence-corrected chi connectivity index (χ2v) is 9.92. The Morgan fingerprint density at radius 2 is 1.82 bits per heavy atom. The van der Waals surface area contributed by atoms with E-state index in [0.29, 0.717) is 35.0 Å². The molecule has 2 heterocycles. The number of methoxy groups -OCH3 is 1. The fourth-order valence-corrected chi connectivity index (χ4v) is 5.02. The number of carbonyl (C=O) groups excluding carboxylic acids is 1. The van der Waals surface area contributed by atoms with Crippen LogP contribution in [0.5, 0.6) is 5.75 Å². The normalized spacial score (nSPS) is 11.0. The highest BCUT2D eigenvalue weighted by Gasteiger charge is 2.18. The van der Waals surface area contributed by atoms with Gasteiger partial charge in [-0.1, -0.05) is 84.1 Å². The van der Waals surface area contributed by atoms with Crippen molar-refractivity contribution in [2.75, 3.05) is 12.9 Å². The van der Waals surface area contributed by atoms with E-state index in [9.17, 15) is 9.59 Å². The van der Waals surface area contributed by atoms with Gasteiger partial charge < -0.3 is 15.0 Å². The number of aromatic nitrogens is 3. The van der Waals surface area contributed by atoms with Crippen molar-refractivity contribution in [1.29, 1.82) is 0 Å². The molecule has 0 aliphatic rings. The lowest BCUT2D eigenvalue weighted by atomic mass is 10.1. The maximum atomic E-state index is 13.7. The number of amides is 1. The number of H-pyrrole nitrogens is 1. The van der Waals surface area contributed by atoms with Gasteiger partial charge in [-0.25, -0.2) is 4.98 Å². The minimum absolute atomic E-state index is 0.129. The van der Waals surface area contributed by atoms with Crippen LogP contribution in [0.4, 0.5) is 0 Å². The van der Waals surface area contributed by atoms with E-state index < -0.39 is 0 Å². The summed E-state index contributed by atoms with van der Waals surface area (Å²) in [6.07, 6.45) is 1.81.